The van der Waals surface area contributed by atoms with Gasteiger partial charge in [0.2, 0.25) is 0 Å². The minimum absolute atomic E-state index is 0.102. The van der Waals surface area contributed by atoms with Crippen LogP contribution in [0, 0.1) is 6.92 Å². The molecule has 0 saturated heterocycles. The Morgan fingerprint density at radius 1 is 1.41 bits per heavy atom. The number of carbonyl (C=O) groups is 1. The summed E-state index contributed by atoms with van der Waals surface area (Å²) in [7, 11) is 1.78. The lowest BCUT2D eigenvalue weighted by Gasteiger charge is -2.36. The number of likely N-dealkylation sites (N-methyl/N-ethyl adjacent to an activating group) is 1. The standard InChI is InChI=1S/C12H19N3O2/c1-8-10(14-7-6-13-8)9(2)15(5)12(3,4)11(16)17/h6-7,9H,1-5H3,(H,16,17). The molecule has 0 aromatic carbocycles. The number of aliphatic carboxylic acids is 1. The van der Waals surface area contributed by atoms with Gasteiger partial charge in [-0.1, -0.05) is 0 Å². The largest absolute Gasteiger partial charge is 0.480 e. The Labute approximate surface area is 102 Å². The average molecular weight is 237 g/mol. The van der Waals surface area contributed by atoms with E-state index in [0.29, 0.717) is 0 Å². The molecule has 0 spiro atoms. The van der Waals surface area contributed by atoms with Crippen LogP contribution in [0.15, 0.2) is 12.4 Å². The number of rotatable bonds is 4. The molecule has 94 valence electrons. The molecule has 0 bridgehead atoms. The van der Waals surface area contributed by atoms with Crippen LogP contribution in [0.1, 0.15) is 38.2 Å². The maximum absolute atomic E-state index is 11.2. The molecule has 1 atom stereocenters. The fourth-order valence-corrected chi connectivity index (χ4v) is 1.65. The van der Waals surface area contributed by atoms with Crippen molar-refractivity contribution in [1.29, 1.82) is 0 Å². The summed E-state index contributed by atoms with van der Waals surface area (Å²) in [5, 5.41) is 9.20. The predicted molar refractivity (Wildman–Crippen MR) is 64.7 cm³/mol. The third-order valence-electron chi connectivity index (χ3n) is 3.30. The van der Waals surface area contributed by atoms with Crippen LogP contribution in [0.4, 0.5) is 0 Å². The number of carboxylic acids is 1. The zero-order valence-corrected chi connectivity index (χ0v) is 10.9. The molecular weight excluding hydrogens is 218 g/mol. The van der Waals surface area contributed by atoms with Gasteiger partial charge in [-0.15, -0.1) is 0 Å². The van der Waals surface area contributed by atoms with Gasteiger partial charge in [0.05, 0.1) is 17.4 Å². The lowest BCUT2D eigenvalue weighted by molar-refractivity contribution is -0.149. The van der Waals surface area contributed by atoms with Gasteiger partial charge in [0.15, 0.2) is 0 Å². The summed E-state index contributed by atoms with van der Waals surface area (Å²) < 4.78 is 0. The zero-order chi connectivity index (χ0) is 13.2. The highest BCUT2D eigenvalue weighted by Gasteiger charge is 2.36. The zero-order valence-electron chi connectivity index (χ0n) is 10.9. The van der Waals surface area contributed by atoms with Crippen LogP contribution in [-0.4, -0.2) is 38.5 Å². The van der Waals surface area contributed by atoms with Gasteiger partial charge in [0.1, 0.15) is 5.54 Å². The maximum Gasteiger partial charge on any atom is 0.323 e. The third kappa shape index (κ3) is 2.61. The van der Waals surface area contributed by atoms with Crippen molar-refractivity contribution >= 4 is 5.97 Å². The molecule has 1 aromatic rings. The van der Waals surface area contributed by atoms with E-state index < -0.39 is 11.5 Å². The van der Waals surface area contributed by atoms with E-state index in [0.717, 1.165) is 11.4 Å². The van der Waals surface area contributed by atoms with Crippen molar-refractivity contribution in [1.82, 2.24) is 14.9 Å². The first-order chi connectivity index (χ1) is 7.78. The fourth-order valence-electron chi connectivity index (χ4n) is 1.65. The normalized spacial score (nSPS) is 13.8. The molecule has 1 N–H and O–H groups in total. The molecule has 0 radical (unpaired) electrons. The van der Waals surface area contributed by atoms with Crippen molar-refractivity contribution in [2.24, 2.45) is 0 Å². The van der Waals surface area contributed by atoms with Crippen LogP contribution in [0.5, 0.6) is 0 Å². The average Bonchev–Trinajstić information content (AvgIpc) is 2.27. The molecule has 5 nitrogen and oxygen atoms in total. The predicted octanol–water partition coefficient (Wildman–Crippen LogP) is 1.64. The van der Waals surface area contributed by atoms with E-state index in [1.807, 2.05) is 13.8 Å². The molecule has 1 rings (SSSR count). The molecule has 5 heteroatoms. The van der Waals surface area contributed by atoms with Gasteiger partial charge in [-0.25, -0.2) is 0 Å². The van der Waals surface area contributed by atoms with Gasteiger partial charge in [0.25, 0.3) is 0 Å². The summed E-state index contributed by atoms with van der Waals surface area (Å²) in [5.74, 6) is -0.853. The maximum atomic E-state index is 11.2. The molecule has 0 amide bonds. The fraction of sp³-hybridized carbons (Fsp3) is 0.583. The Balaban J connectivity index is 3.02. The van der Waals surface area contributed by atoms with Crippen LogP contribution in [0.3, 0.4) is 0 Å². The number of hydrogen-bond donors (Lipinski definition) is 1. The second-order valence-electron chi connectivity index (χ2n) is 4.68. The Hall–Kier alpha value is -1.49. The summed E-state index contributed by atoms with van der Waals surface area (Å²) >= 11 is 0. The molecular formula is C12H19N3O2. The number of aromatic nitrogens is 2. The van der Waals surface area contributed by atoms with Gasteiger partial charge in [0, 0.05) is 12.4 Å². The molecule has 0 aliphatic heterocycles. The van der Waals surface area contributed by atoms with Crippen molar-refractivity contribution in [2.75, 3.05) is 7.05 Å². The summed E-state index contributed by atoms with van der Waals surface area (Å²) in [6.45, 7) is 7.16. The van der Waals surface area contributed by atoms with Crippen molar-refractivity contribution in [3.63, 3.8) is 0 Å². The van der Waals surface area contributed by atoms with Gasteiger partial charge < -0.3 is 5.11 Å². The minimum Gasteiger partial charge on any atom is -0.480 e. The van der Waals surface area contributed by atoms with Crippen molar-refractivity contribution in [3.05, 3.63) is 23.8 Å². The lowest BCUT2D eigenvalue weighted by Crippen LogP contribution is -2.49. The Bertz CT molecular complexity index is 418. The SMILES string of the molecule is Cc1nccnc1C(C)N(C)C(C)(C)C(=O)O. The number of nitrogens with zero attached hydrogens (tertiary/aromatic N) is 3. The van der Waals surface area contributed by atoms with Crippen LogP contribution in [0.2, 0.25) is 0 Å². The Kier molecular flexibility index (Phi) is 3.83. The van der Waals surface area contributed by atoms with Gasteiger partial charge in [-0.3, -0.25) is 19.7 Å². The van der Waals surface area contributed by atoms with Crippen LogP contribution in [-0.2, 0) is 4.79 Å². The second-order valence-corrected chi connectivity index (χ2v) is 4.68. The topological polar surface area (TPSA) is 66.3 Å². The Morgan fingerprint density at radius 2 is 1.94 bits per heavy atom. The van der Waals surface area contributed by atoms with E-state index in [2.05, 4.69) is 9.97 Å². The molecule has 0 saturated carbocycles. The van der Waals surface area contributed by atoms with Crippen molar-refractivity contribution < 1.29 is 9.90 Å². The van der Waals surface area contributed by atoms with Gasteiger partial charge in [-0.05, 0) is 34.7 Å². The molecule has 17 heavy (non-hydrogen) atoms. The molecule has 0 aliphatic rings. The highest BCUT2D eigenvalue weighted by atomic mass is 16.4. The highest BCUT2D eigenvalue weighted by Crippen LogP contribution is 2.26. The summed E-state index contributed by atoms with van der Waals surface area (Å²) in [5.41, 5.74) is 0.695. The first kappa shape index (κ1) is 13.6. The Morgan fingerprint density at radius 3 is 2.41 bits per heavy atom. The molecule has 0 aliphatic carbocycles. The van der Waals surface area contributed by atoms with Crippen molar-refractivity contribution in [2.45, 2.75) is 39.3 Å². The smallest absolute Gasteiger partial charge is 0.323 e. The van der Waals surface area contributed by atoms with Crippen LogP contribution >= 0.6 is 0 Å². The van der Waals surface area contributed by atoms with Gasteiger partial charge in [-0.2, -0.15) is 0 Å². The first-order valence-corrected chi connectivity index (χ1v) is 5.52. The third-order valence-corrected chi connectivity index (χ3v) is 3.30. The first-order valence-electron chi connectivity index (χ1n) is 5.52. The van der Waals surface area contributed by atoms with E-state index in [-0.39, 0.29) is 6.04 Å². The summed E-state index contributed by atoms with van der Waals surface area (Å²) in [6, 6.07) is -0.102. The number of carboxylic acid groups (broad SMARTS) is 1. The second kappa shape index (κ2) is 4.79. The van der Waals surface area contributed by atoms with Gasteiger partial charge >= 0.3 is 5.97 Å². The molecule has 1 aromatic heterocycles. The summed E-state index contributed by atoms with van der Waals surface area (Å²) in [6.07, 6.45) is 3.26. The molecule has 0 fully saturated rings. The quantitative estimate of drug-likeness (QED) is 0.862. The van der Waals surface area contributed by atoms with E-state index in [1.165, 1.54) is 0 Å². The number of hydrogen-bond acceptors (Lipinski definition) is 4. The molecule has 1 unspecified atom stereocenters. The van der Waals surface area contributed by atoms with Crippen LogP contribution < -0.4 is 0 Å². The van der Waals surface area contributed by atoms with E-state index in [4.69, 9.17) is 0 Å². The summed E-state index contributed by atoms with van der Waals surface area (Å²) in [4.78, 5) is 21.4. The highest BCUT2D eigenvalue weighted by molar-refractivity contribution is 5.77. The minimum atomic E-state index is -0.941. The van der Waals surface area contributed by atoms with Crippen LogP contribution in [0.25, 0.3) is 0 Å². The van der Waals surface area contributed by atoms with E-state index in [1.54, 1.807) is 38.2 Å². The molecule has 1 heterocycles. The van der Waals surface area contributed by atoms with Crippen molar-refractivity contribution in [3.8, 4) is 0 Å². The van der Waals surface area contributed by atoms with E-state index >= 15 is 0 Å². The monoisotopic (exact) mass is 237 g/mol. The number of aryl methyl sites for hydroxylation is 1. The van der Waals surface area contributed by atoms with E-state index in [9.17, 15) is 9.90 Å². The lowest BCUT2D eigenvalue weighted by atomic mass is 10.00.